The van der Waals surface area contributed by atoms with Crippen molar-refractivity contribution in [1.82, 2.24) is 30.7 Å². The zero-order chi connectivity index (χ0) is 20.4. The molecule has 4 N–H and O–H groups in total. The molecule has 1 aromatic carbocycles. The molecule has 0 saturated carbocycles. The van der Waals surface area contributed by atoms with Crippen LogP contribution in [0.5, 0.6) is 0 Å². The first kappa shape index (κ1) is 21.9. The fourth-order valence-corrected chi connectivity index (χ4v) is 4.12. The summed E-state index contributed by atoms with van der Waals surface area (Å²) < 4.78 is 1.74. The van der Waals surface area contributed by atoms with Crippen LogP contribution >= 0.6 is 12.4 Å². The quantitative estimate of drug-likeness (QED) is 0.470. The third-order valence-electron chi connectivity index (χ3n) is 5.68. The average Bonchev–Trinajstić information content (AvgIpc) is 3.46. The highest BCUT2D eigenvalue weighted by Crippen LogP contribution is 2.28. The lowest BCUT2D eigenvalue weighted by Crippen LogP contribution is -2.49. The first-order chi connectivity index (χ1) is 14.1. The van der Waals surface area contributed by atoms with E-state index in [2.05, 4.69) is 26.0 Å². The number of aromatic amines is 1. The Hall–Kier alpha value is -2.84. The number of rotatable bonds is 6. The first-order valence-electron chi connectivity index (χ1n) is 9.83. The average molecular weight is 431 g/mol. The second-order valence-corrected chi connectivity index (χ2v) is 7.56. The first-order valence-corrected chi connectivity index (χ1v) is 9.83. The smallest absolute Gasteiger partial charge is 0.242 e. The van der Waals surface area contributed by atoms with Gasteiger partial charge in [0.2, 0.25) is 11.8 Å². The van der Waals surface area contributed by atoms with E-state index in [9.17, 15) is 9.59 Å². The van der Waals surface area contributed by atoms with Gasteiger partial charge in [0.05, 0.1) is 12.1 Å². The van der Waals surface area contributed by atoms with Crippen LogP contribution in [0.2, 0.25) is 0 Å². The Morgan fingerprint density at radius 3 is 2.83 bits per heavy atom. The monoisotopic (exact) mass is 430 g/mol. The molecule has 0 radical (unpaired) electrons. The van der Waals surface area contributed by atoms with E-state index in [1.807, 2.05) is 43.7 Å². The SMILES string of the molecule is CNC(=O)[C@H](Cc1c[nH]c2ccccc12)NC(=O)[C@H]1CNC[C@@H]1c1cnn(C)c1.Cl. The van der Waals surface area contributed by atoms with Crippen molar-refractivity contribution in [2.75, 3.05) is 20.1 Å². The molecule has 2 amide bonds. The molecule has 1 aliphatic rings. The van der Waals surface area contributed by atoms with Crippen LogP contribution in [-0.4, -0.2) is 52.8 Å². The van der Waals surface area contributed by atoms with E-state index in [-0.39, 0.29) is 36.1 Å². The summed E-state index contributed by atoms with van der Waals surface area (Å²) in [6.45, 7) is 1.30. The van der Waals surface area contributed by atoms with Gasteiger partial charge in [0.15, 0.2) is 0 Å². The van der Waals surface area contributed by atoms with Crippen LogP contribution in [-0.2, 0) is 23.1 Å². The number of nitrogens with one attached hydrogen (secondary N) is 4. The topological polar surface area (TPSA) is 104 Å². The summed E-state index contributed by atoms with van der Waals surface area (Å²) in [6.07, 6.45) is 6.08. The van der Waals surface area contributed by atoms with Crippen LogP contribution in [0, 0.1) is 5.92 Å². The van der Waals surface area contributed by atoms with Crippen LogP contribution in [0.25, 0.3) is 10.9 Å². The molecule has 0 aliphatic carbocycles. The molecule has 160 valence electrons. The normalized spacial score (nSPS) is 19.3. The molecular weight excluding hydrogens is 404 g/mol. The van der Waals surface area contributed by atoms with Gasteiger partial charge in [-0.1, -0.05) is 18.2 Å². The van der Waals surface area contributed by atoms with Gasteiger partial charge in [0, 0.05) is 62.8 Å². The second kappa shape index (κ2) is 9.32. The highest BCUT2D eigenvalue weighted by Gasteiger charge is 2.36. The summed E-state index contributed by atoms with van der Waals surface area (Å²) in [7, 11) is 3.45. The molecule has 8 nitrogen and oxygen atoms in total. The van der Waals surface area contributed by atoms with Gasteiger partial charge >= 0.3 is 0 Å². The van der Waals surface area contributed by atoms with Crippen molar-refractivity contribution in [2.45, 2.75) is 18.4 Å². The number of hydrogen-bond acceptors (Lipinski definition) is 4. The lowest BCUT2D eigenvalue weighted by atomic mass is 9.90. The van der Waals surface area contributed by atoms with Crippen molar-refractivity contribution in [3.63, 3.8) is 0 Å². The Kier molecular flexibility index (Phi) is 6.79. The number of fused-ring (bicyclic) bond motifs is 1. The molecule has 1 aliphatic heterocycles. The van der Waals surface area contributed by atoms with Gasteiger partial charge in [-0.05, 0) is 17.2 Å². The zero-order valence-electron chi connectivity index (χ0n) is 17.0. The number of nitrogens with zero attached hydrogens (tertiary/aromatic N) is 2. The van der Waals surface area contributed by atoms with E-state index in [1.54, 1.807) is 17.9 Å². The summed E-state index contributed by atoms with van der Waals surface area (Å²) in [6, 6.07) is 7.31. The predicted octanol–water partition coefficient (Wildman–Crippen LogP) is 1.10. The van der Waals surface area contributed by atoms with Crippen molar-refractivity contribution in [3.8, 4) is 0 Å². The molecule has 1 saturated heterocycles. The van der Waals surface area contributed by atoms with Crippen molar-refractivity contribution in [2.24, 2.45) is 13.0 Å². The number of H-pyrrole nitrogens is 1. The van der Waals surface area contributed by atoms with Crippen LogP contribution in [0.1, 0.15) is 17.0 Å². The van der Waals surface area contributed by atoms with E-state index in [0.29, 0.717) is 13.0 Å². The second-order valence-electron chi connectivity index (χ2n) is 7.56. The van der Waals surface area contributed by atoms with Crippen molar-refractivity contribution in [1.29, 1.82) is 0 Å². The molecule has 9 heteroatoms. The number of carbonyl (C=O) groups excluding carboxylic acids is 2. The maximum Gasteiger partial charge on any atom is 0.242 e. The van der Waals surface area contributed by atoms with Crippen LogP contribution in [0.4, 0.5) is 0 Å². The molecule has 0 unspecified atom stereocenters. The number of aromatic nitrogens is 3. The number of benzene rings is 1. The molecule has 3 atom stereocenters. The molecule has 30 heavy (non-hydrogen) atoms. The molecule has 2 aromatic heterocycles. The molecule has 4 rings (SSSR count). The minimum Gasteiger partial charge on any atom is -0.361 e. The lowest BCUT2D eigenvalue weighted by Gasteiger charge is -2.22. The maximum absolute atomic E-state index is 13.1. The fraction of sp³-hybridized carbons (Fsp3) is 0.381. The number of para-hydroxylation sites is 1. The van der Waals surface area contributed by atoms with Gasteiger partial charge in [-0.2, -0.15) is 5.10 Å². The third-order valence-corrected chi connectivity index (χ3v) is 5.68. The highest BCUT2D eigenvalue weighted by atomic mass is 35.5. The lowest BCUT2D eigenvalue weighted by molar-refractivity contribution is -0.130. The van der Waals surface area contributed by atoms with Crippen molar-refractivity contribution >= 4 is 35.1 Å². The van der Waals surface area contributed by atoms with Gasteiger partial charge in [-0.25, -0.2) is 0 Å². The van der Waals surface area contributed by atoms with Crippen molar-refractivity contribution in [3.05, 3.63) is 54.0 Å². The van der Waals surface area contributed by atoms with E-state index in [1.165, 1.54) is 0 Å². The molecular formula is C21H27ClN6O2. The van der Waals surface area contributed by atoms with Gasteiger partial charge in [0.25, 0.3) is 0 Å². The molecule has 0 spiro atoms. The predicted molar refractivity (Wildman–Crippen MR) is 118 cm³/mol. The minimum atomic E-state index is -0.637. The van der Waals surface area contributed by atoms with Gasteiger partial charge in [-0.15, -0.1) is 12.4 Å². The number of hydrogen-bond donors (Lipinski definition) is 4. The van der Waals surface area contributed by atoms with Crippen LogP contribution < -0.4 is 16.0 Å². The zero-order valence-corrected chi connectivity index (χ0v) is 17.8. The Labute approximate surface area is 181 Å². The van der Waals surface area contributed by atoms with Gasteiger partial charge in [-0.3, -0.25) is 14.3 Å². The Bertz CT molecular complexity index is 1030. The molecule has 1 fully saturated rings. The van der Waals surface area contributed by atoms with E-state index in [0.717, 1.165) is 28.6 Å². The molecule has 3 aromatic rings. The molecule has 0 bridgehead atoms. The largest absolute Gasteiger partial charge is 0.361 e. The fourth-order valence-electron chi connectivity index (χ4n) is 4.12. The van der Waals surface area contributed by atoms with Crippen LogP contribution in [0.3, 0.4) is 0 Å². The summed E-state index contributed by atoms with van der Waals surface area (Å²) >= 11 is 0. The number of likely N-dealkylation sites (N-methyl/N-ethyl adjacent to an activating group) is 1. The highest BCUT2D eigenvalue weighted by molar-refractivity contribution is 5.90. The third kappa shape index (κ3) is 4.34. The number of halogens is 1. The Morgan fingerprint density at radius 1 is 1.30 bits per heavy atom. The Balaban J connectivity index is 0.00000256. The number of aryl methyl sites for hydroxylation is 1. The van der Waals surface area contributed by atoms with Gasteiger partial charge < -0.3 is 20.9 Å². The van der Waals surface area contributed by atoms with Crippen molar-refractivity contribution < 1.29 is 9.59 Å². The summed E-state index contributed by atoms with van der Waals surface area (Å²) in [5, 5.41) is 14.2. The summed E-state index contributed by atoms with van der Waals surface area (Å²) in [5.41, 5.74) is 3.05. The summed E-state index contributed by atoms with van der Waals surface area (Å²) in [4.78, 5) is 28.8. The molecule has 3 heterocycles. The minimum absolute atomic E-state index is 0. The number of amides is 2. The maximum atomic E-state index is 13.1. The van der Waals surface area contributed by atoms with E-state index >= 15 is 0 Å². The standard InChI is InChI=1S/C21H26N6O2.ClH/c1-22-21(29)19(7-13-8-24-18-6-4-3-5-15(13)18)26-20(28)17-11-23-10-16(17)14-9-25-27(2)12-14;/h3-6,8-9,12,16-17,19,23-24H,7,10-11H2,1-2H3,(H,22,29)(H,26,28);1H/t16-,17+,19+;/m1./s1. The van der Waals surface area contributed by atoms with E-state index in [4.69, 9.17) is 0 Å². The van der Waals surface area contributed by atoms with Crippen LogP contribution in [0.15, 0.2) is 42.9 Å². The summed E-state index contributed by atoms with van der Waals surface area (Å²) in [5.74, 6) is -0.513. The number of carbonyl (C=O) groups is 2. The Morgan fingerprint density at radius 2 is 2.10 bits per heavy atom. The van der Waals surface area contributed by atoms with E-state index < -0.39 is 6.04 Å². The van der Waals surface area contributed by atoms with Gasteiger partial charge in [0.1, 0.15) is 6.04 Å².